The molecule has 2 N–H and O–H groups in total. The van der Waals surface area contributed by atoms with Crippen molar-refractivity contribution in [1.29, 1.82) is 0 Å². The summed E-state index contributed by atoms with van der Waals surface area (Å²) in [6.07, 6.45) is -3.79. The summed E-state index contributed by atoms with van der Waals surface area (Å²) in [6.45, 7) is 1.35. The van der Waals surface area contributed by atoms with Gasteiger partial charge >= 0.3 is 12.1 Å². The van der Waals surface area contributed by atoms with Gasteiger partial charge < -0.3 is 19.9 Å². The summed E-state index contributed by atoms with van der Waals surface area (Å²) in [5, 5.41) is 12.1. The minimum atomic E-state index is -4.31. The third kappa shape index (κ3) is 5.32. The van der Waals surface area contributed by atoms with E-state index in [1.807, 2.05) is 0 Å². The first-order chi connectivity index (χ1) is 16.7. The lowest BCUT2D eigenvalue weighted by molar-refractivity contribution is -0.131. The quantitative estimate of drug-likeness (QED) is 0.309. The minimum absolute atomic E-state index is 0.174. The van der Waals surface area contributed by atoms with Crippen molar-refractivity contribution >= 4 is 22.7 Å². The summed E-state index contributed by atoms with van der Waals surface area (Å²) >= 11 is 0. The van der Waals surface area contributed by atoms with Crippen LogP contribution in [0.25, 0.3) is 16.7 Å². The van der Waals surface area contributed by atoms with Gasteiger partial charge in [-0.25, -0.2) is 9.78 Å². The van der Waals surface area contributed by atoms with E-state index in [0.717, 1.165) is 0 Å². The van der Waals surface area contributed by atoms with E-state index in [9.17, 15) is 23.1 Å². The number of fused-ring (bicyclic) bond motifs is 1. The number of hydrogen-bond acceptors (Lipinski definition) is 5. The second kappa shape index (κ2) is 9.57. The number of ether oxygens (including phenoxy) is 2. The summed E-state index contributed by atoms with van der Waals surface area (Å²) < 4.78 is 51.3. The van der Waals surface area contributed by atoms with E-state index in [2.05, 4.69) is 10.3 Å². The number of aromatic carboxylic acids is 1. The largest absolute Gasteiger partial charge is 0.493 e. The number of aryl methyl sites for hydroxylation is 1. The molecular formula is C25H22F3N3O4. The van der Waals surface area contributed by atoms with Crippen LogP contribution in [0.5, 0.6) is 17.2 Å². The SMILES string of the molecule is COc1ccccc1Oc1cc(NCCC(F)(F)F)c2ncn(-c3ccc(C(=O)O)c(C)c3)c2c1. The van der Waals surface area contributed by atoms with Gasteiger partial charge in [0.25, 0.3) is 0 Å². The highest BCUT2D eigenvalue weighted by Gasteiger charge is 2.26. The van der Waals surface area contributed by atoms with Gasteiger partial charge in [0.15, 0.2) is 11.5 Å². The molecule has 182 valence electrons. The van der Waals surface area contributed by atoms with Crippen LogP contribution in [0.2, 0.25) is 0 Å². The summed E-state index contributed by atoms with van der Waals surface area (Å²) in [4.78, 5) is 15.8. The van der Waals surface area contributed by atoms with Crippen molar-refractivity contribution in [2.75, 3.05) is 19.0 Å². The Morgan fingerprint density at radius 3 is 2.51 bits per heavy atom. The van der Waals surface area contributed by atoms with Gasteiger partial charge in [-0.1, -0.05) is 12.1 Å². The monoisotopic (exact) mass is 485 g/mol. The van der Waals surface area contributed by atoms with Crippen LogP contribution >= 0.6 is 0 Å². The molecule has 4 aromatic rings. The van der Waals surface area contributed by atoms with Crippen LogP contribution < -0.4 is 14.8 Å². The van der Waals surface area contributed by atoms with E-state index in [4.69, 9.17) is 9.47 Å². The minimum Gasteiger partial charge on any atom is -0.493 e. The second-order valence-electron chi connectivity index (χ2n) is 7.80. The molecule has 3 aromatic carbocycles. The van der Waals surface area contributed by atoms with Crippen LogP contribution in [0.1, 0.15) is 22.3 Å². The maximum Gasteiger partial charge on any atom is 0.390 e. The highest BCUT2D eigenvalue weighted by molar-refractivity contribution is 5.92. The molecule has 0 aliphatic carbocycles. The van der Waals surface area contributed by atoms with Crippen molar-refractivity contribution in [3.8, 4) is 22.9 Å². The van der Waals surface area contributed by atoms with Crippen molar-refractivity contribution in [2.45, 2.75) is 19.5 Å². The lowest BCUT2D eigenvalue weighted by Gasteiger charge is -2.14. The Labute approximate surface area is 198 Å². The number of aromatic nitrogens is 2. The van der Waals surface area contributed by atoms with E-state index in [-0.39, 0.29) is 12.1 Å². The molecule has 4 rings (SSSR count). The van der Waals surface area contributed by atoms with E-state index in [1.165, 1.54) is 19.5 Å². The molecule has 0 aliphatic heterocycles. The normalized spacial score (nSPS) is 11.5. The van der Waals surface area contributed by atoms with Crippen molar-refractivity contribution in [3.05, 3.63) is 72.1 Å². The zero-order chi connectivity index (χ0) is 25.2. The van der Waals surface area contributed by atoms with Crippen LogP contribution in [0.3, 0.4) is 0 Å². The van der Waals surface area contributed by atoms with Gasteiger partial charge in [0.2, 0.25) is 0 Å². The molecule has 0 unspecified atom stereocenters. The highest BCUT2D eigenvalue weighted by atomic mass is 19.4. The van der Waals surface area contributed by atoms with Crippen molar-refractivity contribution in [3.63, 3.8) is 0 Å². The average Bonchev–Trinajstić information content (AvgIpc) is 3.22. The molecule has 1 heterocycles. The Morgan fingerprint density at radius 1 is 1.11 bits per heavy atom. The second-order valence-corrected chi connectivity index (χ2v) is 7.80. The molecule has 10 heteroatoms. The Hall–Kier alpha value is -4.21. The van der Waals surface area contributed by atoms with E-state index >= 15 is 0 Å². The number of rotatable bonds is 8. The summed E-state index contributed by atoms with van der Waals surface area (Å²) in [7, 11) is 1.51. The molecule has 7 nitrogen and oxygen atoms in total. The van der Waals surface area contributed by atoms with E-state index in [0.29, 0.717) is 45.2 Å². The van der Waals surface area contributed by atoms with Crippen LogP contribution in [0, 0.1) is 6.92 Å². The number of hydrogen-bond donors (Lipinski definition) is 2. The zero-order valence-corrected chi connectivity index (χ0v) is 18.9. The Kier molecular flexibility index (Phi) is 6.54. The summed E-state index contributed by atoms with van der Waals surface area (Å²) in [5.41, 5.74) is 2.75. The fourth-order valence-corrected chi connectivity index (χ4v) is 3.70. The van der Waals surface area contributed by atoms with Crippen LogP contribution in [0.15, 0.2) is 60.9 Å². The summed E-state index contributed by atoms with van der Waals surface area (Å²) in [6, 6.07) is 15.1. The molecule has 0 atom stereocenters. The fraction of sp³-hybridized carbons (Fsp3) is 0.200. The van der Waals surface area contributed by atoms with Gasteiger partial charge in [0.1, 0.15) is 17.6 Å². The lowest BCUT2D eigenvalue weighted by atomic mass is 10.1. The highest BCUT2D eigenvalue weighted by Crippen LogP contribution is 2.36. The Bertz CT molecular complexity index is 1380. The number of halogens is 3. The number of methoxy groups -OCH3 is 1. The zero-order valence-electron chi connectivity index (χ0n) is 18.9. The molecule has 0 saturated heterocycles. The predicted octanol–water partition coefficient (Wildman–Crippen LogP) is 6.20. The number of carboxylic acid groups (broad SMARTS) is 1. The smallest absolute Gasteiger partial charge is 0.390 e. The lowest BCUT2D eigenvalue weighted by Crippen LogP contribution is -2.14. The molecule has 1 aromatic heterocycles. The molecule has 0 aliphatic rings. The first-order valence-electron chi connectivity index (χ1n) is 10.6. The van der Waals surface area contributed by atoms with E-state index in [1.54, 1.807) is 60.0 Å². The van der Waals surface area contributed by atoms with Crippen LogP contribution in [0.4, 0.5) is 18.9 Å². The fourth-order valence-electron chi connectivity index (χ4n) is 3.70. The van der Waals surface area contributed by atoms with E-state index < -0.39 is 18.6 Å². The predicted molar refractivity (Wildman–Crippen MR) is 125 cm³/mol. The van der Waals surface area contributed by atoms with Gasteiger partial charge in [0.05, 0.1) is 30.3 Å². The standard InChI is InChI=1S/C25H22F3N3O4/c1-15-11-16(7-8-18(15)24(32)33)31-14-30-23-19(29-10-9-25(26,27)28)12-17(13-20(23)31)35-22-6-4-3-5-21(22)34-2/h3-8,11-14,29H,9-10H2,1-2H3,(H,32,33). The number of alkyl halides is 3. The Balaban J connectivity index is 1.79. The molecule has 0 radical (unpaired) electrons. The molecular weight excluding hydrogens is 463 g/mol. The van der Waals surface area contributed by atoms with Gasteiger partial charge in [-0.2, -0.15) is 13.2 Å². The van der Waals surface area contributed by atoms with Crippen LogP contribution in [-0.4, -0.2) is 40.5 Å². The molecule has 0 saturated carbocycles. The van der Waals surface area contributed by atoms with Crippen LogP contribution in [-0.2, 0) is 0 Å². The Morgan fingerprint density at radius 2 is 1.86 bits per heavy atom. The number of nitrogens with one attached hydrogen (secondary N) is 1. The summed E-state index contributed by atoms with van der Waals surface area (Å²) in [5.74, 6) is 0.251. The average molecular weight is 485 g/mol. The number of carbonyl (C=O) groups is 1. The van der Waals surface area contributed by atoms with Gasteiger partial charge in [-0.3, -0.25) is 4.57 Å². The van der Waals surface area contributed by atoms with Crippen molar-refractivity contribution < 1.29 is 32.5 Å². The van der Waals surface area contributed by atoms with Crippen molar-refractivity contribution in [2.24, 2.45) is 0 Å². The number of imidazole rings is 1. The first kappa shape index (κ1) is 23.9. The molecule has 0 amide bonds. The number of anilines is 1. The van der Waals surface area contributed by atoms with Crippen molar-refractivity contribution in [1.82, 2.24) is 9.55 Å². The number of para-hydroxylation sites is 2. The third-order valence-electron chi connectivity index (χ3n) is 5.36. The molecule has 0 fully saturated rings. The number of nitrogens with zero attached hydrogens (tertiary/aromatic N) is 2. The number of benzene rings is 3. The van der Waals surface area contributed by atoms with Gasteiger partial charge in [-0.15, -0.1) is 0 Å². The molecule has 35 heavy (non-hydrogen) atoms. The maximum atomic E-state index is 12.7. The molecule has 0 bridgehead atoms. The third-order valence-corrected chi connectivity index (χ3v) is 5.36. The maximum absolute atomic E-state index is 12.7. The van der Waals surface area contributed by atoms with Gasteiger partial charge in [0, 0.05) is 24.4 Å². The molecule has 0 spiro atoms. The van der Waals surface area contributed by atoms with Gasteiger partial charge in [-0.05, 0) is 42.8 Å². The number of carboxylic acids is 1. The topological polar surface area (TPSA) is 85.6 Å². The first-order valence-corrected chi connectivity index (χ1v) is 10.6.